The van der Waals surface area contributed by atoms with E-state index in [4.69, 9.17) is 4.74 Å². The Hall–Kier alpha value is -2.62. The third-order valence-corrected chi connectivity index (χ3v) is 2.65. The number of benzene rings is 2. The van der Waals surface area contributed by atoms with Crippen LogP contribution in [0.4, 0.5) is 5.69 Å². The van der Waals surface area contributed by atoms with Gasteiger partial charge in [-0.25, -0.2) is 0 Å². The van der Waals surface area contributed by atoms with Gasteiger partial charge >= 0.3 is 5.97 Å². The highest BCUT2D eigenvalue weighted by molar-refractivity contribution is 6.04. The highest BCUT2D eigenvalue weighted by Gasteiger charge is 2.08. The molecule has 0 aliphatic carbocycles. The lowest BCUT2D eigenvalue weighted by Crippen LogP contribution is -2.12. The fraction of sp³-hybridized carbons (Fsp3) is 0.125. The first-order valence-electron chi connectivity index (χ1n) is 6.36. The Balaban J connectivity index is 2.10. The Morgan fingerprint density at radius 2 is 1.80 bits per heavy atom. The number of amides is 1. The van der Waals surface area contributed by atoms with Gasteiger partial charge in [0.2, 0.25) is 0 Å². The number of para-hydroxylation sites is 1. The number of carbonyl (C=O) groups excluding carboxylic acids is 2. The second kappa shape index (κ2) is 6.52. The summed E-state index contributed by atoms with van der Waals surface area (Å²) in [6, 6.07) is 15.7. The van der Waals surface area contributed by atoms with E-state index in [1.165, 1.54) is 0 Å². The second-order valence-corrected chi connectivity index (χ2v) is 4.18. The molecule has 1 N–H and O–H groups in total. The highest BCUT2D eigenvalue weighted by Crippen LogP contribution is 2.15. The van der Waals surface area contributed by atoms with Crippen molar-refractivity contribution in [3.05, 3.63) is 60.2 Å². The van der Waals surface area contributed by atoms with E-state index in [1.807, 2.05) is 18.2 Å². The van der Waals surface area contributed by atoms with Crippen LogP contribution in [0.2, 0.25) is 0 Å². The summed E-state index contributed by atoms with van der Waals surface area (Å²) in [5.74, 6) is -0.200. The molecule has 0 aromatic heterocycles. The van der Waals surface area contributed by atoms with Crippen molar-refractivity contribution in [2.24, 2.45) is 0 Å². The molecule has 0 aliphatic heterocycles. The lowest BCUT2D eigenvalue weighted by molar-refractivity contribution is -0.134. The monoisotopic (exact) mass is 269 g/mol. The molecule has 2 rings (SSSR count). The molecule has 0 saturated heterocycles. The fourth-order valence-electron chi connectivity index (χ4n) is 1.63. The van der Waals surface area contributed by atoms with E-state index in [0.29, 0.717) is 23.4 Å². The first-order valence-corrected chi connectivity index (χ1v) is 6.36. The van der Waals surface area contributed by atoms with Gasteiger partial charge in [-0.05, 0) is 30.3 Å². The van der Waals surface area contributed by atoms with Crippen LogP contribution in [0.5, 0.6) is 5.75 Å². The van der Waals surface area contributed by atoms with Crippen molar-refractivity contribution in [2.75, 3.05) is 5.32 Å². The van der Waals surface area contributed by atoms with Gasteiger partial charge in [0.1, 0.15) is 5.75 Å². The highest BCUT2D eigenvalue weighted by atomic mass is 16.5. The van der Waals surface area contributed by atoms with Crippen molar-refractivity contribution < 1.29 is 14.3 Å². The Morgan fingerprint density at radius 3 is 2.50 bits per heavy atom. The minimum atomic E-state index is -0.328. The summed E-state index contributed by atoms with van der Waals surface area (Å²) in [7, 11) is 0. The standard InChI is InChI=1S/C16H15NO3/c1-2-15(18)20-14-10-6-7-12(11-14)16(19)17-13-8-4-3-5-9-13/h3-11H,2H2,1H3,(H,17,19). The Labute approximate surface area is 117 Å². The SMILES string of the molecule is CCC(=O)Oc1cccc(C(=O)Nc2ccccc2)c1. The molecular formula is C16H15NO3. The van der Waals surface area contributed by atoms with Crippen LogP contribution in [0.3, 0.4) is 0 Å². The van der Waals surface area contributed by atoms with Crippen molar-refractivity contribution in [3.63, 3.8) is 0 Å². The minimum absolute atomic E-state index is 0.245. The van der Waals surface area contributed by atoms with E-state index in [1.54, 1.807) is 43.3 Å². The summed E-state index contributed by atoms with van der Waals surface area (Å²) in [6.45, 7) is 1.72. The van der Waals surface area contributed by atoms with Crippen molar-refractivity contribution in [2.45, 2.75) is 13.3 Å². The quantitative estimate of drug-likeness (QED) is 0.684. The third kappa shape index (κ3) is 3.68. The third-order valence-electron chi connectivity index (χ3n) is 2.65. The number of esters is 1. The topological polar surface area (TPSA) is 55.4 Å². The molecule has 2 aromatic rings. The number of carbonyl (C=O) groups is 2. The average Bonchev–Trinajstić information content (AvgIpc) is 2.48. The molecule has 4 nitrogen and oxygen atoms in total. The maximum Gasteiger partial charge on any atom is 0.310 e. The van der Waals surface area contributed by atoms with Crippen LogP contribution in [0.15, 0.2) is 54.6 Å². The molecule has 0 radical (unpaired) electrons. The van der Waals surface area contributed by atoms with Crippen molar-refractivity contribution >= 4 is 17.6 Å². The van der Waals surface area contributed by atoms with E-state index in [0.717, 1.165) is 0 Å². The zero-order chi connectivity index (χ0) is 14.4. The van der Waals surface area contributed by atoms with Crippen molar-refractivity contribution in [1.29, 1.82) is 0 Å². The van der Waals surface area contributed by atoms with E-state index in [9.17, 15) is 9.59 Å². The summed E-state index contributed by atoms with van der Waals surface area (Å²) >= 11 is 0. The summed E-state index contributed by atoms with van der Waals surface area (Å²) in [5.41, 5.74) is 1.16. The Morgan fingerprint density at radius 1 is 1.05 bits per heavy atom. The lowest BCUT2D eigenvalue weighted by Gasteiger charge is -2.07. The molecule has 0 bridgehead atoms. The van der Waals surface area contributed by atoms with Crippen LogP contribution in [-0.2, 0) is 4.79 Å². The summed E-state index contributed by atoms with van der Waals surface area (Å²) in [5, 5.41) is 2.77. The zero-order valence-corrected chi connectivity index (χ0v) is 11.1. The largest absolute Gasteiger partial charge is 0.427 e. The molecule has 0 fully saturated rings. The van der Waals surface area contributed by atoms with E-state index in [-0.39, 0.29) is 11.9 Å². The van der Waals surface area contributed by atoms with Crippen LogP contribution >= 0.6 is 0 Å². The first-order chi connectivity index (χ1) is 9.69. The van der Waals surface area contributed by atoms with Gasteiger partial charge < -0.3 is 10.1 Å². The number of hydrogen-bond acceptors (Lipinski definition) is 3. The van der Waals surface area contributed by atoms with Crippen LogP contribution in [0.1, 0.15) is 23.7 Å². The Kier molecular flexibility index (Phi) is 4.50. The summed E-state index contributed by atoms with van der Waals surface area (Å²) < 4.78 is 5.09. The van der Waals surface area contributed by atoms with E-state index >= 15 is 0 Å². The number of rotatable bonds is 4. The number of hydrogen-bond donors (Lipinski definition) is 1. The van der Waals surface area contributed by atoms with Gasteiger partial charge in [0, 0.05) is 17.7 Å². The minimum Gasteiger partial charge on any atom is -0.427 e. The molecule has 4 heteroatoms. The predicted molar refractivity (Wildman–Crippen MR) is 76.8 cm³/mol. The van der Waals surface area contributed by atoms with Crippen LogP contribution in [0, 0.1) is 0 Å². The van der Waals surface area contributed by atoms with Gasteiger partial charge in [-0.3, -0.25) is 9.59 Å². The summed E-state index contributed by atoms with van der Waals surface area (Å²) in [6.07, 6.45) is 0.292. The molecule has 1 amide bonds. The predicted octanol–water partition coefficient (Wildman–Crippen LogP) is 3.25. The second-order valence-electron chi connectivity index (χ2n) is 4.18. The fourth-order valence-corrected chi connectivity index (χ4v) is 1.63. The van der Waals surface area contributed by atoms with Gasteiger partial charge in [0.15, 0.2) is 0 Å². The smallest absolute Gasteiger partial charge is 0.310 e. The average molecular weight is 269 g/mol. The van der Waals surface area contributed by atoms with E-state index in [2.05, 4.69) is 5.32 Å². The van der Waals surface area contributed by atoms with Crippen LogP contribution in [0.25, 0.3) is 0 Å². The molecule has 0 atom stereocenters. The molecular weight excluding hydrogens is 254 g/mol. The first kappa shape index (κ1) is 13.8. The molecule has 2 aromatic carbocycles. The maximum absolute atomic E-state index is 12.1. The van der Waals surface area contributed by atoms with Gasteiger partial charge in [0.05, 0.1) is 0 Å². The maximum atomic E-state index is 12.1. The molecule has 0 saturated carbocycles. The van der Waals surface area contributed by atoms with Gasteiger partial charge in [0.25, 0.3) is 5.91 Å². The number of nitrogens with one attached hydrogen (secondary N) is 1. The van der Waals surface area contributed by atoms with Crippen LogP contribution in [-0.4, -0.2) is 11.9 Å². The van der Waals surface area contributed by atoms with Crippen molar-refractivity contribution in [3.8, 4) is 5.75 Å². The normalized spacial score (nSPS) is 9.85. The number of anilines is 1. The molecule has 0 spiro atoms. The molecule has 0 unspecified atom stereocenters. The summed E-state index contributed by atoms with van der Waals surface area (Å²) in [4.78, 5) is 23.3. The van der Waals surface area contributed by atoms with E-state index < -0.39 is 0 Å². The van der Waals surface area contributed by atoms with Crippen molar-refractivity contribution in [1.82, 2.24) is 0 Å². The lowest BCUT2D eigenvalue weighted by atomic mass is 10.2. The zero-order valence-electron chi connectivity index (χ0n) is 11.1. The van der Waals surface area contributed by atoms with Gasteiger partial charge in [-0.2, -0.15) is 0 Å². The molecule has 20 heavy (non-hydrogen) atoms. The molecule has 102 valence electrons. The van der Waals surface area contributed by atoms with Gasteiger partial charge in [-0.1, -0.05) is 31.2 Å². The molecule has 0 heterocycles. The van der Waals surface area contributed by atoms with Gasteiger partial charge in [-0.15, -0.1) is 0 Å². The number of ether oxygens (including phenoxy) is 1. The molecule has 0 aliphatic rings. The van der Waals surface area contributed by atoms with Crippen LogP contribution < -0.4 is 10.1 Å². The Bertz CT molecular complexity index is 608.